The molecule has 1 aliphatic rings. The number of benzene rings is 1. The molecule has 1 aromatic rings. The Bertz CT molecular complexity index is 461. The van der Waals surface area contributed by atoms with Crippen LogP contribution in [0.2, 0.25) is 0 Å². The average molecular weight is 237 g/mol. The Morgan fingerprint density at radius 2 is 2.18 bits per heavy atom. The van der Waals surface area contributed by atoms with Crippen molar-refractivity contribution in [1.29, 1.82) is 0 Å². The van der Waals surface area contributed by atoms with Crippen LogP contribution in [0.15, 0.2) is 12.1 Å². The van der Waals surface area contributed by atoms with E-state index in [1.807, 2.05) is 0 Å². The quantitative estimate of drug-likeness (QED) is 0.847. The van der Waals surface area contributed by atoms with Crippen LogP contribution in [0.25, 0.3) is 0 Å². The molecule has 17 heavy (non-hydrogen) atoms. The zero-order valence-electron chi connectivity index (χ0n) is 9.79. The molecule has 0 bridgehead atoms. The van der Waals surface area contributed by atoms with Gasteiger partial charge in [-0.3, -0.25) is 0 Å². The highest BCUT2D eigenvalue weighted by Crippen LogP contribution is 2.43. The summed E-state index contributed by atoms with van der Waals surface area (Å²) in [5.74, 6) is -1.55. The highest BCUT2D eigenvalue weighted by molar-refractivity contribution is 5.89. The van der Waals surface area contributed by atoms with E-state index >= 15 is 0 Å². The van der Waals surface area contributed by atoms with Gasteiger partial charge >= 0.3 is 5.97 Å². The molecule has 92 valence electrons. The first kappa shape index (κ1) is 12.0. The Kier molecular flexibility index (Phi) is 2.91. The predicted molar refractivity (Wildman–Crippen MR) is 62.7 cm³/mol. The number of carbonyl (C=O) groups is 1. The van der Waals surface area contributed by atoms with E-state index in [4.69, 9.17) is 10.8 Å². The van der Waals surface area contributed by atoms with Crippen LogP contribution in [0.3, 0.4) is 0 Å². The summed E-state index contributed by atoms with van der Waals surface area (Å²) < 4.78 is 13.7. The molecular weight excluding hydrogens is 221 g/mol. The third-order valence-electron chi connectivity index (χ3n) is 3.89. The van der Waals surface area contributed by atoms with Crippen molar-refractivity contribution >= 4 is 5.97 Å². The molecule has 1 fully saturated rings. The van der Waals surface area contributed by atoms with Crippen LogP contribution in [-0.2, 0) is 5.41 Å². The average Bonchev–Trinajstić information content (AvgIpc) is 2.21. The van der Waals surface area contributed by atoms with Crippen LogP contribution in [0.4, 0.5) is 4.39 Å². The molecule has 0 atom stereocenters. The van der Waals surface area contributed by atoms with Crippen LogP contribution < -0.4 is 5.73 Å². The first-order valence-corrected chi connectivity index (χ1v) is 5.74. The molecule has 0 unspecified atom stereocenters. The van der Waals surface area contributed by atoms with E-state index < -0.39 is 11.8 Å². The van der Waals surface area contributed by atoms with E-state index in [9.17, 15) is 9.18 Å². The minimum Gasteiger partial charge on any atom is -0.478 e. The number of hydrogen-bond acceptors (Lipinski definition) is 2. The third kappa shape index (κ3) is 1.82. The predicted octanol–water partition coefficient (Wildman–Crippen LogP) is 2.21. The maximum Gasteiger partial charge on any atom is 0.336 e. The summed E-state index contributed by atoms with van der Waals surface area (Å²) in [6.07, 6.45) is 2.88. The number of carboxylic acids is 1. The molecule has 2 rings (SSSR count). The fraction of sp³-hybridized carbons (Fsp3) is 0.462. The van der Waals surface area contributed by atoms with Crippen molar-refractivity contribution in [3.63, 3.8) is 0 Å². The minimum absolute atomic E-state index is 0.0414. The van der Waals surface area contributed by atoms with Crippen molar-refractivity contribution in [3.05, 3.63) is 34.6 Å². The Balaban J connectivity index is 2.53. The molecule has 0 spiro atoms. The van der Waals surface area contributed by atoms with Crippen molar-refractivity contribution in [2.24, 2.45) is 5.73 Å². The van der Waals surface area contributed by atoms with Gasteiger partial charge in [0, 0.05) is 12.0 Å². The highest BCUT2D eigenvalue weighted by atomic mass is 19.1. The van der Waals surface area contributed by atoms with Gasteiger partial charge in [-0.1, -0.05) is 6.42 Å². The van der Waals surface area contributed by atoms with Gasteiger partial charge in [0.25, 0.3) is 0 Å². The molecule has 0 aromatic heterocycles. The van der Waals surface area contributed by atoms with E-state index in [-0.39, 0.29) is 16.5 Å². The third-order valence-corrected chi connectivity index (χ3v) is 3.89. The fourth-order valence-corrected chi connectivity index (χ4v) is 2.42. The second-order valence-corrected chi connectivity index (χ2v) is 4.77. The smallest absolute Gasteiger partial charge is 0.336 e. The van der Waals surface area contributed by atoms with E-state index in [0.717, 1.165) is 24.8 Å². The summed E-state index contributed by atoms with van der Waals surface area (Å²) >= 11 is 0. The monoisotopic (exact) mass is 237 g/mol. The summed E-state index contributed by atoms with van der Waals surface area (Å²) in [5.41, 5.74) is 6.49. The van der Waals surface area contributed by atoms with Gasteiger partial charge in [0.1, 0.15) is 5.82 Å². The second-order valence-electron chi connectivity index (χ2n) is 4.77. The first-order valence-electron chi connectivity index (χ1n) is 5.74. The second kappa shape index (κ2) is 4.11. The maximum atomic E-state index is 13.7. The fourth-order valence-electron chi connectivity index (χ4n) is 2.42. The van der Waals surface area contributed by atoms with Gasteiger partial charge in [-0.15, -0.1) is 0 Å². The van der Waals surface area contributed by atoms with Crippen molar-refractivity contribution in [2.75, 3.05) is 6.54 Å². The Hall–Kier alpha value is -1.42. The maximum absolute atomic E-state index is 13.7. The van der Waals surface area contributed by atoms with Crippen molar-refractivity contribution in [1.82, 2.24) is 0 Å². The Morgan fingerprint density at radius 1 is 1.53 bits per heavy atom. The van der Waals surface area contributed by atoms with Crippen molar-refractivity contribution in [3.8, 4) is 0 Å². The van der Waals surface area contributed by atoms with E-state index in [1.165, 1.54) is 13.0 Å². The number of hydrogen-bond donors (Lipinski definition) is 2. The van der Waals surface area contributed by atoms with E-state index in [0.29, 0.717) is 6.54 Å². The van der Waals surface area contributed by atoms with Crippen molar-refractivity contribution in [2.45, 2.75) is 31.6 Å². The standard InChI is InChI=1S/C13H16FNO2/c1-8-10(12(16)17)5-9(6-11(8)14)13(7-15)3-2-4-13/h5-6H,2-4,7,15H2,1H3,(H,16,17). The van der Waals surface area contributed by atoms with Crippen LogP contribution in [0, 0.1) is 12.7 Å². The molecule has 0 saturated heterocycles. The molecular formula is C13H16FNO2. The lowest BCUT2D eigenvalue weighted by Crippen LogP contribution is -2.41. The number of rotatable bonds is 3. The summed E-state index contributed by atoms with van der Waals surface area (Å²) in [6.45, 7) is 1.92. The van der Waals surface area contributed by atoms with Gasteiger partial charge in [-0.25, -0.2) is 9.18 Å². The summed E-state index contributed by atoms with van der Waals surface area (Å²) in [7, 11) is 0. The molecule has 0 amide bonds. The molecule has 0 aliphatic heterocycles. The summed E-state index contributed by atoms with van der Waals surface area (Å²) in [4.78, 5) is 11.0. The Morgan fingerprint density at radius 3 is 2.59 bits per heavy atom. The van der Waals surface area contributed by atoms with E-state index in [2.05, 4.69) is 0 Å². The lowest BCUT2D eigenvalue weighted by Gasteiger charge is -2.41. The molecule has 0 heterocycles. The zero-order chi connectivity index (χ0) is 12.6. The molecule has 1 aliphatic carbocycles. The number of carboxylic acid groups (broad SMARTS) is 1. The number of halogens is 1. The van der Waals surface area contributed by atoms with Gasteiger partial charge in [0.2, 0.25) is 0 Å². The normalized spacial score (nSPS) is 17.6. The minimum atomic E-state index is -1.09. The lowest BCUT2D eigenvalue weighted by molar-refractivity contribution is 0.0695. The largest absolute Gasteiger partial charge is 0.478 e. The van der Waals surface area contributed by atoms with Crippen LogP contribution in [-0.4, -0.2) is 17.6 Å². The van der Waals surface area contributed by atoms with Gasteiger partial charge in [-0.05, 0) is 43.0 Å². The summed E-state index contributed by atoms with van der Waals surface area (Å²) in [5, 5.41) is 9.05. The lowest BCUT2D eigenvalue weighted by atomic mass is 9.64. The molecule has 0 radical (unpaired) electrons. The van der Waals surface area contributed by atoms with Gasteiger partial charge < -0.3 is 10.8 Å². The van der Waals surface area contributed by atoms with E-state index in [1.54, 1.807) is 6.07 Å². The van der Waals surface area contributed by atoms with Crippen molar-refractivity contribution < 1.29 is 14.3 Å². The zero-order valence-corrected chi connectivity index (χ0v) is 9.79. The first-order chi connectivity index (χ1) is 8.00. The molecule has 1 saturated carbocycles. The van der Waals surface area contributed by atoms with Crippen LogP contribution in [0.5, 0.6) is 0 Å². The molecule has 3 N–H and O–H groups in total. The van der Waals surface area contributed by atoms with Crippen LogP contribution in [0.1, 0.15) is 40.7 Å². The number of nitrogens with two attached hydrogens (primary N) is 1. The SMILES string of the molecule is Cc1c(F)cc(C2(CN)CCC2)cc1C(=O)O. The summed E-state index contributed by atoms with van der Waals surface area (Å²) in [6, 6.07) is 3.01. The molecule has 1 aromatic carbocycles. The molecule has 3 nitrogen and oxygen atoms in total. The number of aromatic carboxylic acids is 1. The highest BCUT2D eigenvalue weighted by Gasteiger charge is 2.38. The van der Waals surface area contributed by atoms with Gasteiger partial charge in [-0.2, -0.15) is 0 Å². The Labute approximate surface area is 99.4 Å². The van der Waals surface area contributed by atoms with Crippen LogP contribution >= 0.6 is 0 Å². The van der Waals surface area contributed by atoms with Gasteiger partial charge in [0.05, 0.1) is 5.56 Å². The molecule has 4 heteroatoms. The topological polar surface area (TPSA) is 63.3 Å². The van der Waals surface area contributed by atoms with Gasteiger partial charge in [0.15, 0.2) is 0 Å².